The van der Waals surface area contributed by atoms with Crippen molar-refractivity contribution in [1.82, 2.24) is 14.9 Å². The molecule has 0 bridgehead atoms. The number of amides is 1. The van der Waals surface area contributed by atoms with Crippen molar-refractivity contribution < 1.29 is 4.79 Å². The number of aromatic nitrogens is 2. The van der Waals surface area contributed by atoms with Crippen molar-refractivity contribution in [3.63, 3.8) is 0 Å². The molecule has 24 heavy (non-hydrogen) atoms. The average Bonchev–Trinajstić information content (AvgIpc) is 2.59. The molecule has 124 valence electrons. The van der Waals surface area contributed by atoms with Gasteiger partial charge >= 0.3 is 0 Å². The Balaban J connectivity index is 2.00. The predicted molar refractivity (Wildman–Crippen MR) is 92.6 cm³/mol. The molecule has 0 saturated carbocycles. The maximum atomic E-state index is 12.2. The third-order valence-electron chi connectivity index (χ3n) is 3.44. The molecule has 1 amide bonds. The summed E-state index contributed by atoms with van der Waals surface area (Å²) in [6.07, 6.45) is 0.488. The van der Waals surface area contributed by atoms with Crippen LogP contribution in [-0.2, 0) is 17.8 Å². The van der Waals surface area contributed by atoms with E-state index in [4.69, 9.17) is 5.26 Å². The highest BCUT2D eigenvalue weighted by molar-refractivity contribution is 7.99. The molecule has 0 aliphatic heterocycles. The summed E-state index contributed by atoms with van der Waals surface area (Å²) in [5.41, 5.74) is 1.08. The first-order valence-corrected chi connectivity index (χ1v) is 8.47. The van der Waals surface area contributed by atoms with E-state index < -0.39 is 5.56 Å². The summed E-state index contributed by atoms with van der Waals surface area (Å²) in [5.74, 6) is 0.107. The third kappa shape index (κ3) is 4.46. The second-order valence-corrected chi connectivity index (χ2v) is 6.15. The molecule has 2 rings (SSSR count). The van der Waals surface area contributed by atoms with Crippen LogP contribution in [0.1, 0.15) is 23.7 Å². The van der Waals surface area contributed by atoms with Gasteiger partial charge < -0.3 is 9.88 Å². The molecule has 0 spiro atoms. The van der Waals surface area contributed by atoms with Gasteiger partial charge in [-0.25, -0.2) is 4.98 Å². The molecular formula is C17H18N4O2S. The van der Waals surface area contributed by atoms with Crippen LogP contribution in [-0.4, -0.2) is 33.6 Å². The minimum atomic E-state index is -0.461. The topological polar surface area (TPSA) is 89.8 Å². The first-order valence-electron chi connectivity index (χ1n) is 7.49. The van der Waals surface area contributed by atoms with E-state index in [0.29, 0.717) is 23.8 Å². The molecule has 0 radical (unpaired) electrons. The Kier molecular flexibility index (Phi) is 6.15. The molecule has 1 N–H and O–H groups in total. The number of aromatic amines is 1. The van der Waals surface area contributed by atoms with Gasteiger partial charge in [0.05, 0.1) is 11.4 Å². The van der Waals surface area contributed by atoms with Crippen LogP contribution in [0.25, 0.3) is 0 Å². The second kappa shape index (κ2) is 8.31. The van der Waals surface area contributed by atoms with Gasteiger partial charge in [-0.15, -0.1) is 0 Å². The van der Waals surface area contributed by atoms with Crippen LogP contribution in [0.4, 0.5) is 0 Å². The summed E-state index contributed by atoms with van der Waals surface area (Å²) in [4.78, 5) is 32.5. The van der Waals surface area contributed by atoms with Crippen molar-refractivity contribution in [3.8, 4) is 6.07 Å². The Morgan fingerprint density at radius 3 is 2.71 bits per heavy atom. The fraction of sp³-hybridized carbons (Fsp3) is 0.294. The summed E-state index contributed by atoms with van der Waals surface area (Å²) < 4.78 is 0. The van der Waals surface area contributed by atoms with E-state index in [1.807, 2.05) is 43.3 Å². The summed E-state index contributed by atoms with van der Waals surface area (Å²) in [6.45, 7) is 2.35. The van der Waals surface area contributed by atoms with Crippen molar-refractivity contribution >= 4 is 17.7 Å². The van der Waals surface area contributed by atoms with E-state index in [0.717, 1.165) is 17.3 Å². The number of H-pyrrole nitrogens is 1. The lowest BCUT2D eigenvalue weighted by molar-refractivity contribution is -0.127. The number of nitrogens with zero attached hydrogens (tertiary/aromatic N) is 3. The van der Waals surface area contributed by atoms with Gasteiger partial charge in [0, 0.05) is 13.6 Å². The van der Waals surface area contributed by atoms with Gasteiger partial charge in [0.2, 0.25) is 5.91 Å². The number of rotatable bonds is 6. The molecule has 0 fully saturated rings. The molecule has 0 saturated heterocycles. The minimum absolute atomic E-state index is 0.0365. The maximum Gasteiger partial charge on any atom is 0.269 e. The van der Waals surface area contributed by atoms with Crippen LogP contribution in [0, 0.1) is 11.3 Å². The number of benzene rings is 1. The van der Waals surface area contributed by atoms with Crippen molar-refractivity contribution in [3.05, 3.63) is 57.5 Å². The zero-order chi connectivity index (χ0) is 17.5. The molecule has 2 aromatic rings. The van der Waals surface area contributed by atoms with Crippen molar-refractivity contribution in [2.45, 2.75) is 25.0 Å². The van der Waals surface area contributed by atoms with Gasteiger partial charge in [0.15, 0.2) is 5.16 Å². The molecule has 7 heteroatoms. The van der Waals surface area contributed by atoms with Crippen molar-refractivity contribution in [2.75, 3.05) is 12.8 Å². The normalized spacial score (nSPS) is 10.2. The monoisotopic (exact) mass is 342 g/mol. The highest BCUT2D eigenvalue weighted by Gasteiger charge is 2.13. The number of thioether (sulfide) groups is 1. The van der Waals surface area contributed by atoms with Crippen LogP contribution in [0.15, 0.2) is 40.3 Å². The fourth-order valence-electron chi connectivity index (χ4n) is 2.12. The predicted octanol–water partition coefficient (Wildman–Crippen LogP) is 1.95. The molecule has 1 heterocycles. The third-order valence-corrected chi connectivity index (χ3v) is 4.30. The van der Waals surface area contributed by atoms with Gasteiger partial charge in [-0.2, -0.15) is 5.26 Å². The standard InChI is InChI=1S/C17H18N4O2S/c1-3-14-13(9-18)16(23)20-17(19-14)24-11-15(22)21(2)10-12-7-5-4-6-8-12/h4-8H,3,10-11H2,1-2H3,(H,19,20,23). The van der Waals surface area contributed by atoms with Crippen molar-refractivity contribution in [2.24, 2.45) is 0 Å². The number of aryl methyl sites for hydroxylation is 1. The van der Waals surface area contributed by atoms with Crippen LogP contribution in [0.5, 0.6) is 0 Å². The van der Waals surface area contributed by atoms with Crippen LogP contribution in [0.2, 0.25) is 0 Å². The van der Waals surface area contributed by atoms with E-state index in [2.05, 4.69) is 9.97 Å². The van der Waals surface area contributed by atoms with Gasteiger partial charge in [-0.05, 0) is 12.0 Å². The number of nitriles is 1. The summed E-state index contributed by atoms with van der Waals surface area (Å²) in [6, 6.07) is 11.6. The molecule has 0 aliphatic rings. The van der Waals surface area contributed by atoms with Gasteiger partial charge in [0.1, 0.15) is 11.6 Å². The lowest BCUT2D eigenvalue weighted by Crippen LogP contribution is -2.28. The number of carbonyl (C=O) groups excluding carboxylic acids is 1. The average molecular weight is 342 g/mol. The molecule has 1 aromatic heterocycles. The molecule has 1 aromatic carbocycles. The molecule has 6 nitrogen and oxygen atoms in total. The Bertz CT molecular complexity index is 812. The highest BCUT2D eigenvalue weighted by Crippen LogP contribution is 2.14. The van der Waals surface area contributed by atoms with E-state index in [1.165, 1.54) is 0 Å². The highest BCUT2D eigenvalue weighted by atomic mass is 32.2. The zero-order valence-corrected chi connectivity index (χ0v) is 14.4. The van der Waals surface area contributed by atoms with E-state index in [9.17, 15) is 9.59 Å². The summed E-state index contributed by atoms with van der Waals surface area (Å²) >= 11 is 1.16. The largest absolute Gasteiger partial charge is 0.341 e. The quantitative estimate of drug-likeness (QED) is 0.640. The smallest absolute Gasteiger partial charge is 0.269 e. The Hall–Kier alpha value is -2.59. The van der Waals surface area contributed by atoms with Gasteiger partial charge in [-0.3, -0.25) is 9.59 Å². The fourth-order valence-corrected chi connectivity index (χ4v) is 2.94. The summed E-state index contributed by atoms with van der Waals surface area (Å²) in [5, 5.41) is 9.33. The second-order valence-electron chi connectivity index (χ2n) is 5.18. The maximum absolute atomic E-state index is 12.2. The zero-order valence-electron chi connectivity index (χ0n) is 13.6. The molecule has 0 aliphatic carbocycles. The van der Waals surface area contributed by atoms with Crippen molar-refractivity contribution in [1.29, 1.82) is 5.26 Å². The Morgan fingerprint density at radius 2 is 2.08 bits per heavy atom. The van der Waals surface area contributed by atoms with E-state index in [-0.39, 0.29) is 17.2 Å². The SMILES string of the molecule is CCc1nc(SCC(=O)N(C)Cc2ccccc2)[nH]c(=O)c1C#N. The minimum Gasteiger partial charge on any atom is -0.341 e. The number of hydrogen-bond donors (Lipinski definition) is 1. The lowest BCUT2D eigenvalue weighted by atomic mass is 10.2. The Labute approximate surface area is 144 Å². The Morgan fingerprint density at radius 1 is 1.38 bits per heavy atom. The van der Waals surface area contributed by atoms with Crippen LogP contribution >= 0.6 is 11.8 Å². The van der Waals surface area contributed by atoms with E-state index in [1.54, 1.807) is 11.9 Å². The summed E-state index contributed by atoms with van der Waals surface area (Å²) in [7, 11) is 1.74. The number of nitrogens with one attached hydrogen (secondary N) is 1. The molecule has 0 atom stereocenters. The van der Waals surface area contributed by atoms with Crippen LogP contribution < -0.4 is 5.56 Å². The first kappa shape index (κ1) is 17.8. The number of carbonyl (C=O) groups is 1. The lowest BCUT2D eigenvalue weighted by Gasteiger charge is -2.17. The van der Waals surface area contributed by atoms with Gasteiger partial charge in [0.25, 0.3) is 5.56 Å². The van der Waals surface area contributed by atoms with Gasteiger partial charge in [-0.1, -0.05) is 49.0 Å². The van der Waals surface area contributed by atoms with E-state index >= 15 is 0 Å². The first-order chi connectivity index (χ1) is 11.5. The number of hydrogen-bond acceptors (Lipinski definition) is 5. The molecular weight excluding hydrogens is 324 g/mol. The molecule has 0 unspecified atom stereocenters. The van der Waals surface area contributed by atoms with Crippen LogP contribution in [0.3, 0.4) is 0 Å².